The second-order valence-corrected chi connectivity index (χ2v) is 8.52. The van der Waals surface area contributed by atoms with Crippen LogP contribution in [0.4, 0.5) is 0 Å². The Hall–Kier alpha value is -3.64. The van der Waals surface area contributed by atoms with Crippen LogP contribution in [0.3, 0.4) is 0 Å². The molecule has 6 nitrogen and oxygen atoms in total. The van der Waals surface area contributed by atoms with Crippen LogP contribution in [0.5, 0.6) is 5.75 Å². The van der Waals surface area contributed by atoms with Crippen LogP contribution in [0.15, 0.2) is 60.9 Å². The lowest BCUT2D eigenvalue weighted by Crippen LogP contribution is -2.29. The van der Waals surface area contributed by atoms with Gasteiger partial charge in [0.05, 0.1) is 6.04 Å². The number of aromatic amines is 1. The number of rotatable bonds is 4. The molecule has 2 aromatic heterocycles. The minimum atomic E-state index is -0.385. The summed E-state index contributed by atoms with van der Waals surface area (Å²) in [7, 11) is 0. The number of aryl methyl sites for hydroxylation is 2. The number of phenols is 1. The smallest absolute Gasteiger partial charge is 0.273 e. The van der Waals surface area contributed by atoms with E-state index in [0.29, 0.717) is 28.5 Å². The first-order valence-electron chi connectivity index (χ1n) is 10.3. The van der Waals surface area contributed by atoms with Gasteiger partial charge in [-0.05, 0) is 60.4 Å². The van der Waals surface area contributed by atoms with E-state index in [9.17, 15) is 9.90 Å². The van der Waals surface area contributed by atoms with Gasteiger partial charge < -0.3 is 10.0 Å². The lowest BCUT2D eigenvalue weighted by atomic mass is 9.94. The van der Waals surface area contributed by atoms with Crippen molar-refractivity contribution in [2.24, 2.45) is 0 Å². The van der Waals surface area contributed by atoms with E-state index in [2.05, 4.69) is 15.2 Å². The highest BCUT2D eigenvalue weighted by molar-refractivity contribution is 6.30. The zero-order valence-electron chi connectivity index (χ0n) is 17.6. The molecular formula is C25H21ClN4O2. The molecule has 0 unspecified atom stereocenters. The summed E-state index contributed by atoms with van der Waals surface area (Å²) in [6, 6.07) is 14.7. The van der Waals surface area contributed by atoms with Crippen molar-refractivity contribution in [2.75, 3.05) is 0 Å². The summed E-state index contributed by atoms with van der Waals surface area (Å²) >= 11 is 6.13. The number of halogens is 1. The van der Waals surface area contributed by atoms with Crippen molar-refractivity contribution in [1.29, 1.82) is 0 Å². The van der Waals surface area contributed by atoms with Gasteiger partial charge in [0.25, 0.3) is 5.91 Å². The number of hydrogen-bond acceptors (Lipinski definition) is 4. The predicted molar refractivity (Wildman–Crippen MR) is 123 cm³/mol. The van der Waals surface area contributed by atoms with E-state index in [0.717, 1.165) is 27.8 Å². The zero-order valence-corrected chi connectivity index (χ0v) is 18.4. The van der Waals surface area contributed by atoms with E-state index in [1.807, 2.05) is 62.4 Å². The predicted octanol–water partition coefficient (Wildman–Crippen LogP) is 5.19. The van der Waals surface area contributed by atoms with Gasteiger partial charge >= 0.3 is 0 Å². The number of hydrogen-bond donors (Lipinski definition) is 2. The molecule has 7 heteroatoms. The van der Waals surface area contributed by atoms with Gasteiger partial charge in [0.1, 0.15) is 17.1 Å². The Morgan fingerprint density at radius 2 is 1.94 bits per heavy atom. The number of carbonyl (C=O) groups is 1. The molecule has 1 aliphatic rings. The first kappa shape index (κ1) is 20.3. The van der Waals surface area contributed by atoms with E-state index in [4.69, 9.17) is 11.6 Å². The summed E-state index contributed by atoms with van der Waals surface area (Å²) < 4.78 is 0. The summed E-state index contributed by atoms with van der Waals surface area (Å²) in [6.07, 6.45) is 3.47. The summed E-state index contributed by atoms with van der Waals surface area (Å²) in [6.45, 7) is 4.22. The van der Waals surface area contributed by atoms with Crippen LogP contribution in [0.2, 0.25) is 5.02 Å². The molecular weight excluding hydrogens is 424 g/mol. The van der Waals surface area contributed by atoms with Crippen molar-refractivity contribution in [3.63, 3.8) is 0 Å². The van der Waals surface area contributed by atoms with Crippen molar-refractivity contribution < 1.29 is 9.90 Å². The molecule has 0 fully saturated rings. The lowest BCUT2D eigenvalue weighted by molar-refractivity contribution is 0.0730. The van der Waals surface area contributed by atoms with Crippen molar-refractivity contribution in [3.8, 4) is 17.0 Å². The molecule has 0 aliphatic carbocycles. The number of carbonyl (C=O) groups excluding carboxylic acids is 1. The van der Waals surface area contributed by atoms with E-state index < -0.39 is 0 Å². The highest BCUT2D eigenvalue weighted by Gasteiger charge is 2.42. The average molecular weight is 445 g/mol. The number of amides is 1. The number of H-pyrrole nitrogens is 1. The maximum Gasteiger partial charge on any atom is 0.273 e. The molecule has 4 aromatic rings. The number of nitrogens with one attached hydrogen (secondary N) is 1. The standard InChI is InChI=1S/C25H21ClN4O2/c1-14-10-15(2)24(31)19(11-14)21-20-22(29-28-21)25(32)30(13-16-4-3-9-27-12-16)23(20)17-5-7-18(26)8-6-17/h3-12,23,31H,13H2,1-2H3,(H,28,29)/t23-/m0/s1. The van der Waals surface area contributed by atoms with Crippen LogP contribution in [0.1, 0.15) is 44.3 Å². The molecule has 160 valence electrons. The van der Waals surface area contributed by atoms with Crippen molar-refractivity contribution in [2.45, 2.75) is 26.4 Å². The van der Waals surface area contributed by atoms with Crippen LogP contribution >= 0.6 is 11.6 Å². The SMILES string of the molecule is Cc1cc(C)c(O)c(-c2n[nH]c3c2[C@H](c2ccc(Cl)cc2)N(Cc2cccnc2)C3=O)c1. The normalized spacial score (nSPS) is 15.3. The second-order valence-electron chi connectivity index (χ2n) is 8.09. The molecule has 2 N–H and O–H groups in total. The van der Waals surface area contributed by atoms with Crippen LogP contribution < -0.4 is 0 Å². The van der Waals surface area contributed by atoms with E-state index in [1.165, 1.54) is 0 Å². The Morgan fingerprint density at radius 1 is 1.16 bits per heavy atom. The summed E-state index contributed by atoms with van der Waals surface area (Å²) in [5.74, 6) is 0.0179. The molecule has 0 saturated heterocycles. The summed E-state index contributed by atoms with van der Waals surface area (Å²) in [5.41, 5.74) is 5.97. The second kappa shape index (κ2) is 7.80. The summed E-state index contributed by atoms with van der Waals surface area (Å²) in [5, 5.41) is 18.8. The number of aromatic nitrogens is 3. The number of aromatic hydroxyl groups is 1. The lowest BCUT2D eigenvalue weighted by Gasteiger charge is -2.26. The molecule has 2 aromatic carbocycles. The maximum atomic E-state index is 13.5. The Morgan fingerprint density at radius 3 is 2.66 bits per heavy atom. The minimum Gasteiger partial charge on any atom is -0.507 e. The third kappa shape index (κ3) is 3.33. The molecule has 0 spiro atoms. The Balaban J connectivity index is 1.69. The third-order valence-corrected chi connectivity index (χ3v) is 6.08. The molecule has 1 atom stereocenters. The molecule has 0 saturated carbocycles. The third-order valence-electron chi connectivity index (χ3n) is 5.83. The van der Waals surface area contributed by atoms with Crippen molar-refractivity contribution in [1.82, 2.24) is 20.1 Å². The molecule has 5 rings (SSSR count). The first-order chi connectivity index (χ1) is 15.4. The fourth-order valence-electron chi connectivity index (χ4n) is 4.39. The van der Waals surface area contributed by atoms with Gasteiger partial charge in [-0.15, -0.1) is 0 Å². The highest BCUT2D eigenvalue weighted by atomic mass is 35.5. The molecule has 0 bridgehead atoms. The van der Waals surface area contributed by atoms with Crippen molar-refractivity contribution >= 4 is 17.5 Å². The van der Waals surface area contributed by atoms with Crippen LogP contribution in [-0.4, -0.2) is 31.1 Å². The number of nitrogens with zero attached hydrogens (tertiary/aromatic N) is 3. The quantitative estimate of drug-likeness (QED) is 0.453. The van der Waals surface area contributed by atoms with Crippen LogP contribution in [0.25, 0.3) is 11.3 Å². The van der Waals surface area contributed by atoms with Gasteiger partial charge in [-0.3, -0.25) is 14.9 Å². The first-order valence-corrected chi connectivity index (χ1v) is 10.7. The minimum absolute atomic E-state index is 0.147. The van der Waals surface area contributed by atoms with E-state index in [1.54, 1.807) is 17.3 Å². The molecule has 0 radical (unpaired) electrons. The number of fused-ring (bicyclic) bond motifs is 1. The van der Waals surface area contributed by atoms with Crippen molar-refractivity contribution in [3.05, 3.63) is 99.5 Å². The summed E-state index contributed by atoms with van der Waals surface area (Å²) in [4.78, 5) is 19.4. The van der Waals surface area contributed by atoms with Gasteiger partial charge in [-0.2, -0.15) is 5.10 Å². The van der Waals surface area contributed by atoms with Crippen LogP contribution in [0, 0.1) is 13.8 Å². The molecule has 1 aliphatic heterocycles. The highest BCUT2D eigenvalue weighted by Crippen LogP contribution is 2.45. The molecule has 3 heterocycles. The van der Waals surface area contributed by atoms with Gasteiger partial charge in [0, 0.05) is 35.1 Å². The molecule has 32 heavy (non-hydrogen) atoms. The topological polar surface area (TPSA) is 82.1 Å². The largest absolute Gasteiger partial charge is 0.507 e. The van der Waals surface area contributed by atoms with Crippen LogP contribution in [-0.2, 0) is 6.54 Å². The van der Waals surface area contributed by atoms with Gasteiger partial charge in [-0.1, -0.05) is 35.9 Å². The Labute approximate surface area is 190 Å². The fraction of sp³-hybridized carbons (Fsp3) is 0.160. The average Bonchev–Trinajstić information content (AvgIpc) is 3.32. The zero-order chi connectivity index (χ0) is 22.4. The molecule has 1 amide bonds. The maximum absolute atomic E-state index is 13.5. The van der Waals surface area contributed by atoms with Gasteiger partial charge in [0.15, 0.2) is 0 Å². The fourth-order valence-corrected chi connectivity index (χ4v) is 4.51. The number of pyridine rings is 1. The van der Waals surface area contributed by atoms with Gasteiger partial charge in [0.2, 0.25) is 0 Å². The van der Waals surface area contributed by atoms with E-state index >= 15 is 0 Å². The Bertz CT molecular complexity index is 1320. The Kier molecular flexibility index (Phi) is 4.94. The van der Waals surface area contributed by atoms with E-state index in [-0.39, 0.29) is 17.7 Å². The monoisotopic (exact) mass is 444 g/mol. The number of phenolic OH excluding ortho intramolecular Hbond substituents is 1. The van der Waals surface area contributed by atoms with Gasteiger partial charge in [-0.25, -0.2) is 0 Å². The number of benzene rings is 2.